The molecule has 0 spiro atoms. The molecule has 1 amide bonds. The first-order valence-corrected chi connectivity index (χ1v) is 10.6. The highest BCUT2D eigenvalue weighted by Crippen LogP contribution is 2.42. The summed E-state index contributed by atoms with van der Waals surface area (Å²) in [5, 5.41) is 4.50. The molecule has 0 aliphatic carbocycles. The van der Waals surface area contributed by atoms with E-state index in [4.69, 9.17) is 4.74 Å². The van der Waals surface area contributed by atoms with Crippen molar-refractivity contribution in [1.29, 1.82) is 0 Å². The van der Waals surface area contributed by atoms with Crippen LogP contribution in [0.25, 0.3) is 0 Å². The van der Waals surface area contributed by atoms with E-state index in [1.54, 1.807) is 36.3 Å². The van der Waals surface area contributed by atoms with E-state index in [0.717, 1.165) is 11.1 Å². The van der Waals surface area contributed by atoms with Gasteiger partial charge in [-0.3, -0.25) is 9.69 Å². The van der Waals surface area contributed by atoms with E-state index in [2.05, 4.69) is 53.4 Å². The number of hydrogen-bond acceptors (Lipinski definition) is 4. The van der Waals surface area contributed by atoms with Gasteiger partial charge in [0.05, 0.1) is 19.2 Å². The number of amides is 1. The lowest BCUT2D eigenvalue weighted by Crippen LogP contribution is -2.42. The van der Waals surface area contributed by atoms with Crippen molar-refractivity contribution in [2.75, 3.05) is 12.0 Å². The van der Waals surface area contributed by atoms with Crippen molar-refractivity contribution in [3.63, 3.8) is 0 Å². The van der Waals surface area contributed by atoms with Crippen LogP contribution >= 0.6 is 0 Å². The highest BCUT2D eigenvalue weighted by molar-refractivity contribution is 6.06. The lowest BCUT2D eigenvalue weighted by molar-refractivity contribution is 0.0963. The smallest absolute Gasteiger partial charge is 0.261 e. The Hall–Kier alpha value is -3.93. The van der Waals surface area contributed by atoms with Gasteiger partial charge >= 0.3 is 0 Å². The van der Waals surface area contributed by atoms with Crippen molar-refractivity contribution >= 4 is 11.9 Å². The fraction of sp³-hybridized carbons (Fsp3) is 0.192. The number of aryl methyl sites for hydroxylation is 1. The monoisotopic (exact) mass is 424 g/mol. The number of carbonyl (C=O) groups is 1. The second-order valence-electron chi connectivity index (χ2n) is 8.00. The van der Waals surface area contributed by atoms with E-state index in [1.807, 2.05) is 22.9 Å². The number of nitrogens with zero attached hydrogens (tertiary/aromatic N) is 4. The van der Waals surface area contributed by atoms with Crippen LogP contribution in [0.4, 0.5) is 5.95 Å². The third kappa shape index (κ3) is 3.54. The summed E-state index contributed by atoms with van der Waals surface area (Å²) < 4.78 is 7.11. The Kier molecular flexibility index (Phi) is 5.19. The largest absolute Gasteiger partial charge is 0.497 e. The predicted molar refractivity (Wildman–Crippen MR) is 123 cm³/mol. The van der Waals surface area contributed by atoms with Crippen LogP contribution in [0, 0.1) is 6.92 Å². The minimum absolute atomic E-state index is 0.0140. The molecule has 32 heavy (non-hydrogen) atoms. The number of benzene rings is 3. The number of anilines is 1. The Bertz CT molecular complexity index is 1220. The Balaban J connectivity index is 1.62. The lowest BCUT2D eigenvalue weighted by Gasteiger charge is -2.39. The van der Waals surface area contributed by atoms with Crippen LogP contribution in [0.3, 0.4) is 0 Å². The van der Waals surface area contributed by atoms with Crippen molar-refractivity contribution in [2.45, 2.75) is 25.4 Å². The average molecular weight is 425 g/mol. The molecule has 0 N–H and O–H groups in total. The third-order valence-electron chi connectivity index (χ3n) is 6.03. The number of methoxy groups -OCH3 is 1. The maximum atomic E-state index is 13.8. The zero-order chi connectivity index (χ0) is 22.1. The quantitative estimate of drug-likeness (QED) is 0.464. The van der Waals surface area contributed by atoms with Crippen molar-refractivity contribution in [3.05, 3.63) is 107 Å². The molecule has 2 heterocycles. The van der Waals surface area contributed by atoms with E-state index >= 15 is 0 Å². The normalized spacial score (nSPS) is 17.6. The minimum atomic E-state index is -0.174. The third-order valence-corrected chi connectivity index (χ3v) is 6.03. The van der Waals surface area contributed by atoms with Crippen molar-refractivity contribution in [1.82, 2.24) is 14.8 Å². The summed E-state index contributed by atoms with van der Waals surface area (Å²) in [6.45, 7) is 2.06. The van der Waals surface area contributed by atoms with Gasteiger partial charge in [-0.25, -0.2) is 4.68 Å². The Morgan fingerprint density at radius 3 is 2.28 bits per heavy atom. The molecule has 6 heteroatoms. The van der Waals surface area contributed by atoms with Crippen molar-refractivity contribution in [3.8, 4) is 5.75 Å². The van der Waals surface area contributed by atoms with Gasteiger partial charge in [-0.05, 0) is 48.7 Å². The average Bonchev–Trinajstić information content (AvgIpc) is 3.33. The maximum Gasteiger partial charge on any atom is 0.261 e. The van der Waals surface area contributed by atoms with Crippen LogP contribution in [0.1, 0.15) is 45.6 Å². The second-order valence-corrected chi connectivity index (χ2v) is 8.00. The fourth-order valence-corrected chi connectivity index (χ4v) is 4.32. The van der Waals surface area contributed by atoms with Gasteiger partial charge in [0.25, 0.3) is 5.91 Å². The summed E-state index contributed by atoms with van der Waals surface area (Å²) >= 11 is 0. The molecule has 0 unspecified atom stereocenters. The Morgan fingerprint density at radius 2 is 1.59 bits per heavy atom. The molecule has 1 aromatic heterocycles. The number of rotatable bonds is 4. The lowest BCUT2D eigenvalue weighted by atomic mass is 9.91. The Morgan fingerprint density at radius 1 is 0.906 bits per heavy atom. The van der Waals surface area contributed by atoms with Crippen LogP contribution in [0.5, 0.6) is 5.75 Å². The SMILES string of the molecule is COc1ccc(C(=O)N2c3ncnn3[C@@H](c3ccccc3)C[C@@H]2c2ccc(C)cc2)cc1. The van der Waals surface area contributed by atoms with E-state index in [-0.39, 0.29) is 18.0 Å². The van der Waals surface area contributed by atoms with E-state index < -0.39 is 0 Å². The van der Waals surface area contributed by atoms with Gasteiger partial charge in [0.2, 0.25) is 5.95 Å². The van der Waals surface area contributed by atoms with E-state index in [9.17, 15) is 4.79 Å². The first kappa shape index (κ1) is 20.0. The number of hydrogen-bond donors (Lipinski definition) is 0. The summed E-state index contributed by atoms with van der Waals surface area (Å²) in [6, 6.07) is 25.6. The standard InChI is InChI=1S/C26H24N4O2/c1-18-8-10-20(11-9-18)23-16-24(19-6-4-3-5-7-19)30-26(27-17-28-30)29(23)25(31)21-12-14-22(32-2)15-13-21/h3-15,17,23-24H,16H2,1-2H3/t23-,24-/m1/s1. The van der Waals surface area contributed by atoms with Gasteiger partial charge in [-0.2, -0.15) is 10.1 Å². The summed E-state index contributed by atoms with van der Waals surface area (Å²) in [6.07, 6.45) is 2.22. The molecule has 1 aliphatic rings. The van der Waals surface area contributed by atoms with Crippen molar-refractivity contribution < 1.29 is 9.53 Å². The van der Waals surface area contributed by atoms with Gasteiger partial charge in [-0.15, -0.1) is 0 Å². The topological polar surface area (TPSA) is 60.2 Å². The predicted octanol–water partition coefficient (Wildman–Crippen LogP) is 4.98. The number of carbonyl (C=O) groups excluding carboxylic acids is 1. The first-order valence-electron chi connectivity index (χ1n) is 10.6. The molecular formula is C26H24N4O2. The van der Waals surface area contributed by atoms with Crippen LogP contribution < -0.4 is 9.64 Å². The van der Waals surface area contributed by atoms with Crippen LogP contribution in [-0.2, 0) is 0 Å². The zero-order valence-corrected chi connectivity index (χ0v) is 18.1. The molecule has 160 valence electrons. The minimum Gasteiger partial charge on any atom is -0.497 e. The molecule has 5 rings (SSSR count). The summed E-state index contributed by atoms with van der Waals surface area (Å²) in [7, 11) is 1.61. The van der Waals surface area contributed by atoms with Gasteiger partial charge in [-0.1, -0.05) is 60.2 Å². The molecule has 0 saturated heterocycles. The first-order chi connectivity index (χ1) is 15.7. The van der Waals surface area contributed by atoms with Crippen LogP contribution in [-0.4, -0.2) is 27.8 Å². The maximum absolute atomic E-state index is 13.8. The molecule has 1 aliphatic heterocycles. The Labute approximate surface area is 187 Å². The highest BCUT2D eigenvalue weighted by Gasteiger charge is 2.39. The summed E-state index contributed by atoms with van der Waals surface area (Å²) in [5.41, 5.74) is 3.98. The van der Waals surface area contributed by atoms with E-state index in [1.165, 1.54) is 11.9 Å². The van der Waals surface area contributed by atoms with Gasteiger partial charge < -0.3 is 4.74 Å². The molecule has 0 saturated carbocycles. The van der Waals surface area contributed by atoms with E-state index in [0.29, 0.717) is 23.7 Å². The molecule has 3 aromatic carbocycles. The molecule has 0 fully saturated rings. The molecule has 0 radical (unpaired) electrons. The van der Waals surface area contributed by atoms with Gasteiger partial charge in [0, 0.05) is 5.56 Å². The summed E-state index contributed by atoms with van der Waals surface area (Å²) in [4.78, 5) is 20.1. The summed E-state index contributed by atoms with van der Waals surface area (Å²) in [5.74, 6) is 1.15. The van der Waals surface area contributed by atoms with Crippen molar-refractivity contribution in [2.24, 2.45) is 0 Å². The fourth-order valence-electron chi connectivity index (χ4n) is 4.32. The molecule has 6 nitrogen and oxygen atoms in total. The molecular weight excluding hydrogens is 400 g/mol. The second kappa shape index (κ2) is 8.30. The number of aromatic nitrogens is 3. The molecule has 4 aromatic rings. The van der Waals surface area contributed by atoms with Gasteiger partial charge in [0.1, 0.15) is 12.1 Å². The van der Waals surface area contributed by atoms with Gasteiger partial charge in [0.15, 0.2) is 0 Å². The highest BCUT2D eigenvalue weighted by atomic mass is 16.5. The zero-order valence-electron chi connectivity index (χ0n) is 18.1. The van der Waals surface area contributed by atoms with Crippen LogP contribution in [0.15, 0.2) is 85.2 Å². The molecule has 2 atom stereocenters. The molecule has 0 bridgehead atoms. The van der Waals surface area contributed by atoms with Crippen LogP contribution in [0.2, 0.25) is 0 Å². The number of ether oxygens (including phenoxy) is 1. The number of fused-ring (bicyclic) bond motifs is 1.